The fourth-order valence-electron chi connectivity index (χ4n) is 6.72. The predicted molar refractivity (Wildman–Crippen MR) is 265 cm³/mol. The van der Waals surface area contributed by atoms with E-state index in [2.05, 4.69) is 36.4 Å². The van der Waals surface area contributed by atoms with Crippen molar-refractivity contribution in [2.24, 2.45) is 0 Å². The minimum absolute atomic E-state index is 0.00592. The average molecular weight is 1130 g/mol. The molecule has 1 aliphatic carbocycles. The van der Waals surface area contributed by atoms with Crippen LogP contribution in [0.5, 0.6) is 0 Å². The first-order valence-electron chi connectivity index (χ1n) is 19.9. The number of alkyl halides is 4. The second kappa shape index (κ2) is 28.1. The van der Waals surface area contributed by atoms with Gasteiger partial charge in [0.1, 0.15) is 22.1 Å². The summed E-state index contributed by atoms with van der Waals surface area (Å²) in [5.74, 6) is -1.72. The quantitative estimate of drug-likeness (QED) is 0.100. The normalized spacial score (nSPS) is 13.6. The Hall–Kier alpha value is -1.67. The average Bonchev–Trinajstić information content (AvgIpc) is 3.26. The minimum atomic E-state index is -3.95. The molecular weight excluding hydrogens is 1070 g/mol. The Morgan fingerprint density at radius 3 is 1.46 bits per heavy atom. The van der Waals surface area contributed by atoms with Crippen LogP contribution in [0.25, 0.3) is 0 Å². The maximum atomic E-state index is 13.2. The van der Waals surface area contributed by atoms with E-state index in [1.54, 1.807) is 24.3 Å². The third-order valence-corrected chi connectivity index (χ3v) is 17.9. The number of hydrogen-bond donors (Lipinski definition) is 0. The zero-order chi connectivity index (χ0) is 49.2. The summed E-state index contributed by atoms with van der Waals surface area (Å²) < 4.78 is 123. The van der Waals surface area contributed by atoms with Crippen LogP contribution in [0.1, 0.15) is 67.9 Å². The lowest BCUT2D eigenvalue weighted by molar-refractivity contribution is 0.321. The number of anilines is 1. The van der Waals surface area contributed by atoms with Crippen LogP contribution in [0.3, 0.4) is 0 Å². The van der Waals surface area contributed by atoms with E-state index in [0.29, 0.717) is 28.9 Å². The van der Waals surface area contributed by atoms with Crippen molar-refractivity contribution in [3.63, 3.8) is 0 Å². The second-order valence-corrected chi connectivity index (χ2v) is 25.5. The lowest BCUT2D eigenvalue weighted by Gasteiger charge is -2.31. The summed E-state index contributed by atoms with van der Waals surface area (Å²) in [5.41, 5.74) is 3.49. The molecule has 364 valence electrons. The highest BCUT2D eigenvalue weighted by atomic mass is 35.7. The van der Waals surface area contributed by atoms with E-state index in [0.717, 1.165) is 59.3 Å². The Bertz CT molecular complexity index is 2620. The molecule has 0 spiro atoms. The molecule has 0 bridgehead atoms. The van der Waals surface area contributed by atoms with Gasteiger partial charge in [-0.1, -0.05) is 80.4 Å². The highest BCUT2D eigenvalue weighted by Crippen LogP contribution is 2.38. The van der Waals surface area contributed by atoms with Crippen molar-refractivity contribution >= 4 is 125 Å². The predicted octanol–water partition coefficient (Wildman–Crippen LogP) is 11.6. The van der Waals surface area contributed by atoms with Gasteiger partial charge in [0.2, 0.25) is 19.1 Å². The number of sulfonamides is 1. The zero-order valence-electron chi connectivity index (χ0n) is 35.7. The molecule has 0 radical (unpaired) electrons. The monoisotopic (exact) mass is 1120 g/mol. The molecule has 0 N–H and O–H groups in total. The van der Waals surface area contributed by atoms with Crippen LogP contribution < -0.4 is 4.31 Å². The molecule has 6 rings (SSSR count). The fraction of sp³-hybridized carbons (Fsp3) is 0.429. The molecule has 2 aliphatic rings. The van der Waals surface area contributed by atoms with Gasteiger partial charge >= 0.3 is 0 Å². The molecule has 0 fully saturated rings. The number of para-hydroxylation sites is 1. The number of aryl methyl sites for hydroxylation is 2. The summed E-state index contributed by atoms with van der Waals surface area (Å²) in [6, 6.07) is 17.4. The third kappa shape index (κ3) is 19.0. The van der Waals surface area contributed by atoms with E-state index in [-0.39, 0.29) is 43.8 Å². The van der Waals surface area contributed by atoms with Crippen LogP contribution in [0.2, 0.25) is 10.0 Å². The summed E-state index contributed by atoms with van der Waals surface area (Å²) in [6.07, 6.45) is 4.95. The van der Waals surface area contributed by atoms with Crippen molar-refractivity contribution in [1.82, 2.24) is 4.90 Å². The number of rotatable bonds is 12. The van der Waals surface area contributed by atoms with Gasteiger partial charge in [-0.3, -0.25) is 4.31 Å². The van der Waals surface area contributed by atoms with Gasteiger partial charge in [0, 0.05) is 27.3 Å². The Morgan fingerprint density at radius 2 is 1.03 bits per heavy atom. The summed E-state index contributed by atoms with van der Waals surface area (Å²) >= 11 is 31.8. The van der Waals surface area contributed by atoms with E-state index in [4.69, 9.17) is 69.6 Å². The van der Waals surface area contributed by atoms with Crippen LogP contribution >= 0.6 is 80.3 Å². The third-order valence-electron chi connectivity index (χ3n) is 9.83. The molecule has 0 unspecified atom stereocenters. The van der Waals surface area contributed by atoms with Crippen molar-refractivity contribution in [2.75, 3.05) is 46.2 Å². The zero-order valence-corrected chi connectivity index (χ0v) is 44.3. The highest BCUT2D eigenvalue weighted by Gasteiger charge is 2.33. The molecule has 1 aliphatic heterocycles. The first-order valence-corrected chi connectivity index (χ1v) is 30.2. The number of halogens is 9. The number of hydrogen-bond acceptors (Lipinski definition) is 9. The van der Waals surface area contributed by atoms with E-state index in [1.807, 2.05) is 6.07 Å². The van der Waals surface area contributed by atoms with Crippen molar-refractivity contribution in [2.45, 2.75) is 80.6 Å². The van der Waals surface area contributed by atoms with Crippen LogP contribution in [0.4, 0.5) is 14.5 Å². The van der Waals surface area contributed by atoms with Crippen molar-refractivity contribution < 1.29 is 42.5 Å². The van der Waals surface area contributed by atoms with Crippen molar-refractivity contribution in [3.05, 3.63) is 122 Å². The fourth-order valence-corrected chi connectivity index (χ4v) is 12.1. The van der Waals surface area contributed by atoms with E-state index in [9.17, 15) is 42.5 Å². The van der Waals surface area contributed by atoms with Crippen LogP contribution in [0, 0.1) is 11.6 Å². The van der Waals surface area contributed by atoms with Gasteiger partial charge < -0.3 is 4.90 Å². The molecule has 0 saturated carbocycles. The highest BCUT2D eigenvalue weighted by molar-refractivity contribution is 8.14. The summed E-state index contributed by atoms with van der Waals surface area (Å²) in [4.78, 5) is 2.67. The second-order valence-electron chi connectivity index (χ2n) is 14.1. The molecule has 4 aromatic rings. The number of fused-ring (bicyclic) bond motifs is 2. The molecule has 1 heterocycles. The van der Waals surface area contributed by atoms with Crippen LogP contribution in [-0.4, -0.2) is 80.5 Å². The van der Waals surface area contributed by atoms with Gasteiger partial charge in [0.05, 0.1) is 32.3 Å². The number of benzene rings is 4. The van der Waals surface area contributed by atoms with Crippen molar-refractivity contribution in [3.8, 4) is 0 Å². The largest absolute Gasteiger partial charge is 0.304 e. The van der Waals surface area contributed by atoms with Gasteiger partial charge in [-0.05, 0) is 122 Å². The van der Waals surface area contributed by atoms with Crippen molar-refractivity contribution in [1.29, 1.82) is 0 Å². The molecule has 23 heteroatoms. The lowest BCUT2D eigenvalue weighted by Crippen LogP contribution is -2.37. The Balaban J connectivity index is 0.000000339. The summed E-state index contributed by atoms with van der Waals surface area (Å²) in [7, 11) is -10.2. The maximum Gasteiger partial charge on any atom is 0.249 e. The van der Waals surface area contributed by atoms with E-state index >= 15 is 0 Å². The number of nitrogens with zero attached hydrogens (tertiary/aromatic N) is 2. The molecule has 65 heavy (non-hydrogen) atoms. The summed E-state index contributed by atoms with van der Waals surface area (Å²) in [5, 5.41) is -0.832. The lowest BCUT2D eigenvalue weighted by atomic mass is 9.92. The Labute approximate surface area is 417 Å². The molecule has 0 atom stereocenters. The Kier molecular flexibility index (Phi) is 25.7. The topological polar surface area (TPSA) is 143 Å². The number of sulfone groups is 2. The molecule has 4 aromatic carbocycles. The van der Waals surface area contributed by atoms with Crippen LogP contribution in [-0.2, 0) is 69.5 Å². The van der Waals surface area contributed by atoms with Crippen LogP contribution in [0.15, 0.2) is 82.6 Å². The SMILES string of the molecule is CCN(CC)CC.ClCCl.O=S(=O)(Cc1ccc(F)cc1Cl)c1cccc2c1CCCC2.O=S(=O)(Cc1ccc(F)cc1Cl)c1cccc2c1N(S(=O)(=O)CCl)CCC2.O=S(=O)(Cl)CCl. The molecule has 0 saturated heterocycles. The first kappa shape index (κ1) is 59.5. The van der Waals surface area contributed by atoms with Gasteiger partial charge in [-0.2, -0.15) is 0 Å². The van der Waals surface area contributed by atoms with E-state index in [1.165, 1.54) is 43.9 Å². The van der Waals surface area contributed by atoms with Gasteiger partial charge in [0.25, 0.3) is 0 Å². The van der Waals surface area contributed by atoms with Gasteiger partial charge in [-0.15, -0.1) is 46.4 Å². The Morgan fingerprint density at radius 1 is 0.600 bits per heavy atom. The first-order chi connectivity index (χ1) is 30.4. The smallest absolute Gasteiger partial charge is 0.249 e. The molecular formula is C42H51Cl7F2N2O8S4. The van der Waals surface area contributed by atoms with Gasteiger partial charge in [0.15, 0.2) is 19.7 Å². The molecule has 10 nitrogen and oxygen atoms in total. The van der Waals surface area contributed by atoms with E-state index < -0.39 is 66.6 Å². The maximum absolute atomic E-state index is 13.2. The summed E-state index contributed by atoms with van der Waals surface area (Å²) in [6.45, 7) is 10.3. The van der Waals surface area contributed by atoms with Gasteiger partial charge in [-0.25, -0.2) is 42.5 Å². The minimum Gasteiger partial charge on any atom is -0.304 e. The molecule has 0 amide bonds. The standard InChI is InChI=1S/C17H16Cl2FNO4S2.C17H16ClFO2S.C6H15N.CH2Cl2O2S.CH2Cl2/c18-11-27(24,25)21-8-2-4-12-3-1-5-16(17(12)21)26(22,23)10-13-6-7-14(20)9-15(13)19;18-16-10-14(19)9-8-13(16)11-22(20,21)17-7-3-5-12-4-1-2-6-15(12)17;1-4-7(5-2)6-3;2-1-6(3,4)5;2-1-3/h1,3,5-7,9H,2,4,8,10-11H2;3,5,7-10H,1-2,4,6,11H2;4-6H2,1-3H3;1H2;1H2. The molecule has 0 aromatic heterocycles.